The lowest BCUT2D eigenvalue weighted by Gasteiger charge is -2.24. The molecule has 5 heteroatoms. The number of carbonyl (C=O) groups excluding carboxylic acids is 1. The van der Waals surface area contributed by atoms with Crippen molar-refractivity contribution in [2.75, 3.05) is 13.1 Å². The van der Waals surface area contributed by atoms with Crippen LogP contribution in [-0.2, 0) is 4.79 Å². The number of hydrogen-bond donors (Lipinski definition) is 1. The van der Waals surface area contributed by atoms with Gasteiger partial charge in [-0.2, -0.15) is 0 Å². The quantitative estimate of drug-likeness (QED) is 0.889. The third-order valence-electron chi connectivity index (χ3n) is 3.17. The molecule has 2 aromatic rings. The zero-order chi connectivity index (χ0) is 15.4. The van der Waals surface area contributed by atoms with Crippen molar-refractivity contribution >= 4 is 33.3 Å². The van der Waals surface area contributed by atoms with Crippen LogP contribution in [0.3, 0.4) is 0 Å². The number of benzene rings is 1. The van der Waals surface area contributed by atoms with Gasteiger partial charge in [0.05, 0.1) is 6.42 Å². The maximum absolute atomic E-state index is 12.6. The van der Waals surface area contributed by atoms with Gasteiger partial charge in [0.1, 0.15) is 0 Å². The van der Waals surface area contributed by atoms with Gasteiger partial charge in [-0.25, -0.2) is 0 Å². The third-order valence-corrected chi connectivity index (χ3v) is 4.07. The van der Waals surface area contributed by atoms with E-state index in [0.717, 1.165) is 10.1 Å². The number of thiophene rings is 1. The second kappa shape index (κ2) is 6.72. The van der Waals surface area contributed by atoms with E-state index in [1.807, 2.05) is 43.5 Å². The molecule has 1 heterocycles. The lowest BCUT2D eigenvalue weighted by molar-refractivity contribution is -0.137. The van der Waals surface area contributed by atoms with Gasteiger partial charge in [-0.05, 0) is 40.9 Å². The normalized spacial score (nSPS) is 11.0. The molecule has 2 rings (SSSR count). The first-order chi connectivity index (χ1) is 9.97. The molecule has 0 aliphatic heterocycles. The number of carboxylic acids is 1. The van der Waals surface area contributed by atoms with Crippen molar-refractivity contribution in [3.05, 3.63) is 35.2 Å². The molecular formula is C16H19NO3S. The SMILES string of the molecule is CC(C)CN(CCC(=O)O)C(=O)c1ccc2sccc2c1. The van der Waals surface area contributed by atoms with Crippen molar-refractivity contribution in [1.82, 2.24) is 4.90 Å². The average molecular weight is 305 g/mol. The van der Waals surface area contributed by atoms with Gasteiger partial charge in [-0.3, -0.25) is 9.59 Å². The second-order valence-corrected chi connectivity index (χ2v) is 6.41. The van der Waals surface area contributed by atoms with Crippen LogP contribution in [0.15, 0.2) is 29.6 Å². The fraction of sp³-hybridized carbons (Fsp3) is 0.375. The highest BCUT2D eigenvalue weighted by Crippen LogP contribution is 2.22. The maximum atomic E-state index is 12.6. The minimum absolute atomic E-state index is 0.0286. The zero-order valence-corrected chi connectivity index (χ0v) is 13.0. The smallest absolute Gasteiger partial charge is 0.305 e. The monoisotopic (exact) mass is 305 g/mol. The molecule has 112 valence electrons. The Morgan fingerprint density at radius 3 is 2.71 bits per heavy atom. The predicted molar refractivity (Wildman–Crippen MR) is 84.8 cm³/mol. The van der Waals surface area contributed by atoms with Crippen LogP contribution in [0.4, 0.5) is 0 Å². The van der Waals surface area contributed by atoms with E-state index in [4.69, 9.17) is 5.11 Å². The van der Waals surface area contributed by atoms with Crippen LogP contribution < -0.4 is 0 Å². The molecule has 21 heavy (non-hydrogen) atoms. The standard InChI is InChI=1S/C16H19NO3S/c1-11(2)10-17(7-5-15(18)19)16(20)13-3-4-14-12(9-13)6-8-21-14/h3-4,6,8-9,11H,5,7,10H2,1-2H3,(H,18,19). The Hall–Kier alpha value is -1.88. The van der Waals surface area contributed by atoms with Gasteiger partial charge in [0, 0.05) is 23.4 Å². The first kappa shape index (κ1) is 15.5. The number of hydrogen-bond acceptors (Lipinski definition) is 3. The van der Waals surface area contributed by atoms with Crippen LogP contribution >= 0.6 is 11.3 Å². The summed E-state index contributed by atoms with van der Waals surface area (Å²) in [6.07, 6.45) is -0.0286. The van der Waals surface area contributed by atoms with E-state index >= 15 is 0 Å². The Bertz CT molecular complexity index is 648. The van der Waals surface area contributed by atoms with Crippen LogP contribution in [0.25, 0.3) is 10.1 Å². The van der Waals surface area contributed by atoms with E-state index in [-0.39, 0.29) is 18.9 Å². The Kier molecular flexibility index (Phi) is 4.96. The molecule has 0 saturated heterocycles. The van der Waals surface area contributed by atoms with Crippen LogP contribution in [0.5, 0.6) is 0 Å². The van der Waals surface area contributed by atoms with Crippen molar-refractivity contribution in [3.8, 4) is 0 Å². The first-order valence-corrected chi connectivity index (χ1v) is 7.83. The summed E-state index contributed by atoms with van der Waals surface area (Å²) in [4.78, 5) is 25.0. The van der Waals surface area contributed by atoms with Crippen LogP contribution in [0.1, 0.15) is 30.6 Å². The number of nitrogens with zero attached hydrogens (tertiary/aromatic N) is 1. The largest absolute Gasteiger partial charge is 0.481 e. The molecule has 1 N–H and O–H groups in total. The number of amides is 1. The minimum atomic E-state index is -0.884. The molecule has 4 nitrogen and oxygen atoms in total. The highest BCUT2D eigenvalue weighted by atomic mass is 32.1. The zero-order valence-electron chi connectivity index (χ0n) is 12.2. The van der Waals surface area contributed by atoms with Crippen LogP contribution in [0.2, 0.25) is 0 Å². The molecule has 1 amide bonds. The predicted octanol–water partition coefficient (Wildman–Crippen LogP) is 3.47. The fourth-order valence-electron chi connectivity index (χ4n) is 2.23. The summed E-state index contributed by atoms with van der Waals surface area (Å²) >= 11 is 1.64. The Morgan fingerprint density at radius 2 is 2.05 bits per heavy atom. The summed E-state index contributed by atoms with van der Waals surface area (Å²) in [7, 11) is 0. The van der Waals surface area contributed by atoms with Crippen molar-refractivity contribution in [2.24, 2.45) is 5.92 Å². The van der Waals surface area contributed by atoms with Gasteiger partial charge in [0.25, 0.3) is 5.91 Å². The van der Waals surface area contributed by atoms with Crippen molar-refractivity contribution < 1.29 is 14.7 Å². The van der Waals surface area contributed by atoms with Crippen molar-refractivity contribution in [2.45, 2.75) is 20.3 Å². The molecule has 0 aliphatic carbocycles. The highest BCUT2D eigenvalue weighted by molar-refractivity contribution is 7.17. The second-order valence-electron chi connectivity index (χ2n) is 5.46. The van der Waals surface area contributed by atoms with Gasteiger partial charge in [-0.15, -0.1) is 11.3 Å². The molecule has 0 radical (unpaired) electrons. The van der Waals surface area contributed by atoms with E-state index < -0.39 is 5.97 Å². The van der Waals surface area contributed by atoms with E-state index in [2.05, 4.69) is 0 Å². The van der Waals surface area contributed by atoms with E-state index in [1.165, 1.54) is 0 Å². The molecule has 0 aliphatic rings. The molecular weight excluding hydrogens is 286 g/mol. The first-order valence-electron chi connectivity index (χ1n) is 6.95. The highest BCUT2D eigenvalue weighted by Gasteiger charge is 2.18. The van der Waals surface area contributed by atoms with Crippen LogP contribution in [-0.4, -0.2) is 35.0 Å². The van der Waals surface area contributed by atoms with Gasteiger partial charge < -0.3 is 10.0 Å². The lowest BCUT2D eigenvalue weighted by Crippen LogP contribution is -2.35. The summed E-state index contributed by atoms with van der Waals surface area (Å²) in [5, 5.41) is 11.9. The molecule has 1 aromatic heterocycles. The summed E-state index contributed by atoms with van der Waals surface area (Å²) < 4.78 is 1.15. The maximum Gasteiger partial charge on any atom is 0.305 e. The number of fused-ring (bicyclic) bond motifs is 1. The van der Waals surface area contributed by atoms with Gasteiger partial charge >= 0.3 is 5.97 Å². The fourth-order valence-corrected chi connectivity index (χ4v) is 3.00. The van der Waals surface area contributed by atoms with Crippen LogP contribution in [0, 0.1) is 5.92 Å². The number of carboxylic acid groups (broad SMARTS) is 1. The molecule has 0 fully saturated rings. The Balaban J connectivity index is 2.20. The topological polar surface area (TPSA) is 57.6 Å². The summed E-state index contributed by atoms with van der Waals surface area (Å²) in [5.41, 5.74) is 0.618. The third kappa shape index (κ3) is 4.04. The Morgan fingerprint density at radius 1 is 1.29 bits per heavy atom. The number of rotatable bonds is 6. The van der Waals surface area contributed by atoms with Gasteiger partial charge in [0.2, 0.25) is 0 Å². The van der Waals surface area contributed by atoms with E-state index in [1.54, 1.807) is 16.2 Å². The Labute approximate surface area is 128 Å². The minimum Gasteiger partial charge on any atom is -0.481 e. The average Bonchev–Trinajstić information content (AvgIpc) is 2.89. The summed E-state index contributed by atoms with van der Waals surface area (Å²) in [6, 6.07) is 7.62. The van der Waals surface area contributed by atoms with E-state index in [9.17, 15) is 9.59 Å². The molecule has 0 spiro atoms. The molecule has 1 aromatic carbocycles. The number of carbonyl (C=O) groups is 2. The van der Waals surface area contributed by atoms with Gasteiger partial charge in [0.15, 0.2) is 0 Å². The number of aliphatic carboxylic acids is 1. The summed E-state index contributed by atoms with van der Waals surface area (Å²) in [5.74, 6) is -0.685. The van der Waals surface area contributed by atoms with Crippen molar-refractivity contribution in [3.63, 3.8) is 0 Å². The van der Waals surface area contributed by atoms with E-state index in [0.29, 0.717) is 18.0 Å². The lowest BCUT2D eigenvalue weighted by atomic mass is 10.1. The summed E-state index contributed by atoms with van der Waals surface area (Å²) in [6.45, 7) is 4.84. The molecule has 0 bridgehead atoms. The van der Waals surface area contributed by atoms with Crippen molar-refractivity contribution in [1.29, 1.82) is 0 Å². The van der Waals surface area contributed by atoms with Gasteiger partial charge in [-0.1, -0.05) is 13.8 Å². The molecule has 0 saturated carbocycles. The molecule has 0 atom stereocenters. The molecule has 0 unspecified atom stereocenters.